The molecule has 3 nitrogen and oxygen atoms in total. The van der Waals surface area contributed by atoms with E-state index in [1.54, 1.807) is 18.3 Å². The van der Waals surface area contributed by atoms with Gasteiger partial charge in [0.15, 0.2) is 0 Å². The molecule has 1 unspecified atom stereocenters. The van der Waals surface area contributed by atoms with Crippen LogP contribution in [0.3, 0.4) is 0 Å². The lowest BCUT2D eigenvalue weighted by atomic mass is 10.1. The van der Waals surface area contributed by atoms with E-state index in [1.807, 2.05) is 19.1 Å². The quantitative estimate of drug-likeness (QED) is 0.884. The Morgan fingerprint density at radius 1 is 1.33 bits per heavy atom. The number of hydrogen-bond acceptors (Lipinski definition) is 3. The summed E-state index contributed by atoms with van der Waals surface area (Å²) in [7, 11) is 0. The molecule has 1 atom stereocenters. The third-order valence-electron chi connectivity index (χ3n) is 3.20. The highest BCUT2D eigenvalue weighted by Gasteiger charge is 2.06. The van der Waals surface area contributed by atoms with Crippen molar-refractivity contribution in [2.24, 2.45) is 5.73 Å². The third kappa shape index (κ3) is 4.69. The summed E-state index contributed by atoms with van der Waals surface area (Å²) in [6, 6.07) is 8.33. The first-order valence-corrected chi connectivity index (χ1v) is 7.23. The maximum atomic E-state index is 13.6. The summed E-state index contributed by atoms with van der Waals surface area (Å²) < 4.78 is 19.1. The van der Waals surface area contributed by atoms with Crippen molar-refractivity contribution in [3.63, 3.8) is 0 Å². The number of benzene rings is 1. The van der Waals surface area contributed by atoms with Crippen molar-refractivity contribution in [3.05, 3.63) is 58.6 Å². The maximum absolute atomic E-state index is 13.6. The fourth-order valence-electron chi connectivity index (χ4n) is 1.83. The van der Waals surface area contributed by atoms with Crippen LogP contribution in [0.1, 0.15) is 24.6 Å². The van der Waals surface area contributed by atoms with E-state index in [4.69, 9.17) is 22.1 Å². The summed E-state index contributed by atoms with van der Waals surface area (Å²) in [6.07, 6.45) is 3.28. The molecular formula is C16H18ClFN2O. The standard InChI is InChI=1S/C16H18ClFN2O/c1-2-13(19)8-14-5-6-15(9-20-14)21-10-11-3-4-12(17)7-16(11)18/h3-7,9,13H,2,8,10,19H2,1H3. The largest absolute Gasteiger partial charge is 0.487 e. The smallest absolute Gasteiger partial charge is 0.138 e. The van der Waals surface area contributed by atoms with Gasteiger partial charge < -0.3 is 10.5 Å². The van der Waals surface area contributed by atoms with Crippen LogP contribution in [-0.4, -0.2) is 11.0 Å². The van der Waals surface area contributed by atoms with E-state index in [9.17, 15) is 4.39 Å². The Morgan fingerprint density at radius 2 is 2.14 bits per heavy atom. The molecule has 0 aliphatic rings. The highest BCUT2D eigenvalue weighted by Crippen LogP contribution is 2.17. The van der Waals surface area contributed by atoms with Crippen LogP contribution in [-0.2, 0) is 13.0 Å². The van der Waals surface area contributed by atoms with Crippen molar-refractivity contribution in [2.45, 2.75) is 32.4 Å². The van der Waals surface area contributed by atoms with Crippen LogP contribution in [0.25, 0.3) is 0 Å². The molecule has 0 amide bonds. The van der Waals surface area contributed by atoms with E-state index >= 15 is 0 Å². The molecule has 0 fully saturated rings. The SMILES string of the molecule is CCC(N)Cc1ccc(OCc2ccc(Cl)cc2F)cn1. The molecule has 2 N–H and O–H groups in total. The number of rotatable bonds is 6. The van der Waals surface area contributed by atoms with Crippen molar-refractivity contribution < 1.29 is 9.13 Å². The van der Waals surface area contributed by atoms with Gasteiger partial charge in [-0.15, -0.1) is 0 Å². The average Bonchev–Trinajstić information content (AvgIpc) is 2.48. The van der Waals surface area contributed by atoms with Crippen LogP contribution in [0, 0.1) is 5.82 Å². The summed E-state index contributed by atoms with van der Waals surface area (Å²) in [5, 5.41) is 0.370. The Hall–Kier alpha value is -1.65. The predicted molar refractivity (Wildman–Crippen MR) is 81.9 cm³/mol. The van der Waals surface area contributed by atoms with E-state index < -0.39 is 0 Å². The Morgan fingerprint density at radius 3 is 2.76 bits per heavy atom. The van der Waals surface area contributed by atoms with Gasteiger partial charge in [0.05, 0.1) is 6.20 Å². The van der Waals surface area contributed by atoms with Crippen LogP contribution < -0.4 is 10.5 Å². The molecule has 0 saturated heterocycles. The van der Waals surface area contributed by atoms with Crippen LogP contribution in [0.4, 0.5) is 4.39 Å². The fourth-order valence-corrected chi connectivity index (χ4v) is 1.99. The number of nitrogens with zero attached hydrogens (tertiary/aromatic N) is 1. The first kappa shape index (κ1) is 15.7. The molecule has 2 aromatic rings. The van der Waals surface area contributed by atoms with Gasteiger partial charge in [0.25, 0.3) is 0 Å². The Balaban J connectivity index is 1.94. The first-order chi connectivity index (χ1) is 10.1. The second kappa shape index (κ2) is 7.38. The second-order valence-corrected chi connectivity index (χ2v) is 5.32. The zero-order valence-electron chi connectivity index (χ0n) is 11.9. The highest BCUT2D eigenvalue weighted by atomic mass is 35.5. The van der Waals surface area contributed by atoms with Gasteiger partial charge >= 0.3 is 0 Å². The van der Waals surface area contributed by atoms with Gasteiger partial charge in [-0.1, -0.05) is 24.6 Å². The van der Waals surface area contributed by atoms with Gasteiger partial charge in [0.1, 0.15) is 18.2 Å². The number of pyridine rings is 1. The number of hydrogen-bond donors (Lipinski definition) is 1. The molecule has 21 heavy (non-hydrogen) atoms. The lowest BCUT2D eigenvalue weighted by Gasteiger charge is -2.10. The van der Waals surface area contributed by atoms with E-state index in [0.29, 0.717) is 16.3 Å². The molecular weight excluding hydrogens is 291 g/mol. The summed E-state index contributed by atoms with van der Waals surface area (Å²) >= 11 is 5.70. The lowest BCUT2D eigenvalue weighted by Crippen LogP contribution is -2.21. The molecule has 1 aromatic carbocycles. The zero-order valence-corrected chi connectivity index (χ0v) is 12.6. The van der Waals surface area contributed by atoms with Crippen LogP contribution >= 0.6 is 11.6 Å². The van der Waals surface area contributed by atoms with E-state index in [2.05, 4.69) is 4.98 Å². The normalized spacial score (nSPS) is 12.2. The summed E-state index contributed by atoms with van der Waals surface area (Å²) in [5.41, 5.74) is 7.26. The van der Waals surface area contributed by atoms with Gasteiger partial charge in [-0.2, -0.15) is 0 Å². The summed E-state index contributed by atoms with van der Waals surface area (Å²) in [5.74, 6) is 0.221. The molecule has 0 spiro atoms. The average molecular weight is 309 g/mol. The zero-order chi connectivity index (χ0) is 15.2. The van der Waals surface area contributed by atoms with E-state index in [0.717, 1.165) is 18.5 Å². The second-order valence-electron chi connectivity index (χ2n) is 4.88. The van der Waals surface area contributed by atoms with Crippen molar-refractivity contribution in [3.8, 4) is 5.75 Å². The van der Waals surface area contributed by atoms with Crippen LogP contribution in [0.15, 0.2) is 36.5 Å². The molecule has 0 saturated carbocycles. The minimum atomic E-state index is -0.374. The molecule has 1 heterocycles. The summed E-state index contributed by atoms with van der Waals surface area (Å²) in [4.78, 5) is 4.30. The minimum absolute atomic E-state index is 0.118. The van der Waals surface area contributed by atoms with Crippen molar-refractivity contribution in [2.75, 3.05) is 0 Å². The minimum Gasteiger partial charge on any atom is -0.487 e. The van der Waals surface area contributed by atoms with Crippen LogP contribution in [0.2, 0.25) is 5.02 Å². The van der Waals surface area contributed by atoms with E-state index in [1.165, 1.54) is 6.07 Å². The number of aromatic nitrogens is 1. The van der Waals surface area contributed by atoms with Crippen LogP contribution in [0.5, 0.6) is 5.75 Å². The number of nitrogens with two attached hydrogens (primary N) is 1. The number of ether oxygens (including phenoxy) is 1. The summed E-state index contributed by atoms with van der Waals surface area (Å²) in [6.45, 7) is 2.18. The molecule has 2 rings (SSSR count). The van der Waals surface area contributed by atoms with E-state index in [-0.39, 0.29) is 18.5 Å². The topological polar surface area (TPSA) is 48.1 Å². The van der Waals surface area contributed by atoms with Gasteiger partial charge in [0, 0.05) is 28.7 Å². The fraction of sp³-hybridized carbons (Fsp3) is 0.312. The molecule has 1 aromatic heterocycles. The predicted octanol–water partition coefficient (Wildman–Crippen LogP) is 3.73. The first-order valence-electron chi connectivity index (χ1n) is 6.85. The molecule has 112 valence electrons. The maximum Gasteiger partial charge on any atom is 0.138 e. The molecule has 0 radical (unpaired) electrons. The third-order valence-corrected chi connectivity index (χ3v) is 3.44. The Kier molecular flexibility index (Phi) is 5.53. The molecule has 0 bridgehead atoms. The van der Waals surface area contributed by atoms with Crippen molar-refractivity contribution in [1.82, 2.24) is 4.98 Å². The van der Waals surface area contributed by atoms with Gasteiger partial charge in [-0.05, 0) is 30.7 Å². The van der Waals surface area contributed by atoms with Crippen molar-refractivity contribution >= 4 is 11.6 Å². The lowest BCUT2D eigenvalue weighted by molar-refractivity contribution is 0.298. The van der Waals surface area contributed by atoms with Crippen molar-refractivity contribution in [1.29, 1.82) is 0 Å². The molecule has 0 aliphatic carbocycles. The Labute approximate surface area is 128 Å². The highest BCUT2D eigenvalue weighted by molar-refractivity contribution is 6.30. The van der Waals surface area contributed by atoms with Gasteiger partial charge in [0.2, 0.25) is 0 Å². The monoisotopic (exact) mass is 308 g/mol. The number of halogens is 2. The Bertz CT molecular complexity index is 589. The molecule has 0 aliphatic heterocycles. The van der Waals surface area contributed by atoms with Gasteiger partial charge in [-0.25, -0.2) is 4.39 Å². The van der Waals surface area contributed by atoms with Gasteiger partial charge in [-0.3, -0.25) is 4.98 Å². The molecule has 5 heteroatoms.